The van der Waals surface area contributed by atoms with Crippen LogP contribution in [0.4, 0.5) is 13.2 Å². The molecule has 1 aromatic rings. The van der Waals surface area contributed by atoms with Crippen LogP contribution in [-0.2, 0) is 6.42 Å². The molecule has 1 nitrogen and oxygen atoms in total. The first-order chi connectivity index (χ1) is 10.1. The number of rotatable bonds is 5. The Morgan fingerprint density at radius 3 is 2.33 bits per heavy atom. The van der Waals surface area contributed by atoms with Gasteiger partial charge in [0.1, 0.15) is 5.70 Å². The third-order valence-corrected chi connectivity index (χ3v) is 3.84. The van der Waals surface area contributed by atoms with E-state index in [1.54, 1.807) is 0 Å². The van der Waals surface area contributed by atoms with E-state index in [1.165, 1.54) is 16.5 Å². The first-order valence-electron chi connectivity index (χ1n) is 7.63. The SMILES string of the molecule is FC(F)(F)/C(=C\CCCc1ccccc1)N1CCCCC1. The van der Waals surface area contributed by atoms with E-state index in [-0.39, 0.29) is 0 Å². The van der Waals surface area contributed by atoms with E-state index in [9.17, 15) is 13.2 Å². The largest absolute Gasteiger partial charge is 0.430 e. The molecule has 0 unspecified atom stereocenters. The lowest BCUT2D eigenvalue weighted by Crippen LogP contribution is -2.35. The van der Waals surface area contributed by atoms with Gasteiger partial charge in [-0.15, -0.1) is 0 Å². The standard InChI is InChI=1S/C17H22F3N/c18-17(19,20)16(21-13-7-2-8-14-21)12-6-5-11-15-9-3-1-4-10-15/h1,3-4,9-10,12H,2,5-8,11,13-14H2/b16-12+. The van der Waals surface area contributed by atoms with Crippen LogP contribution in [0.5, 0.6) is 0 Å². The summed E-state index contributed by atoms with van der Waals surface area (Å²) in [7, 11) is 0. The van der Waals surface area contributed by atoms with Gasteiger partial charge >= 0.3 is 6.18 Å². The van der Waals surface area contributed by atoms with Crippen molar-refractivity contribution in [2.45, 2.75) is 44.7 Å². The normalized spacial score (nSPS) is 17.1. The molecule has 1 fully saturated rings. The van der Waals surface area contributed by atoms with Gasteiger partial charge in [0.25, 0.3) is 0 Å². The lowest BCUT2D eigenvalue weighted by Gasteiger charge is -2.32. The topological polar surface area (TPSA) is 3.24 Å². The number of nitrogens with zero attached hydrogens (tertiary/aromatic N) is 1. The Morgan fingerprint density at radius 2 is 1.71 bits per heavy atom. The van der Waals surface area contributed by atoms with Crippen molar-refractivity contribution in [3.63, 3.8) is 0 Å². The fourth-order valence-corrected chi connectivity index (χ4v) is 2.75. The van der Waals surface area contributed by atoms with Crippen LogP contribution in [0.3, 0.4) is 0 Å². The van der Waals surface area contributed by atoms with Crippen LogP contribution < -0.4 is 0 Å². The fourth-order valence-electron chi connectivity index (χ4n) is 2.75. The second-order valence-corrected chi connectivity index (χ2v) is 5.51. The van der Waals surface area contributed by atoms with E-state index in [0.29, 0.717) is 19.5 Å². The summed E-state index contributed by atoms with van der Waals surface area (Å²) in [4.78, 5) is 1.51. The van der Waals surface area contributed by atoms with Crippen LogP contribution >= 0.6 is 0 Å². The quantitative estimate of drug-likeness (QED) is 0.696. The molecule has 4 heteroatoms. The molecule has 0 radical (unpaired) electrons. The Morgan fingerprint density at radius 1 is 1.05 bits per heavy atom. The van der Waals surface area contributed by atoms with Gasteiger partial charge in [0.05, 0.1) is 0 Å². The molecule has 0 atom stereocenters. The number of likely N-dealkylation sites (tertiary alicyclic amines) is 1. The number of aryl methyl sites for hydroxylation is 1. The van der Waals surface area contributed by atoms with Gasteiger partial charge in [-0.1, -0.05) is 36.4 Å². The van der Waals surface area contributed by atoms with Gasteiger partial charge in [-0.3, -0.25) is 0 Å². The molecular weight excluding hydrogens is 275 g/mol. The monoisotopic (exact) mass is 297 g/mol. The Bertz CT molecular complexity index is 445. The van der Waals surface area contributed by atoms with Crippen molar-refractivity contribution in [3.05, 3.63) is 47.7 Å². The Kier molecular flexibility index (Phi) is 5.71. The van der Waals surface area contributed by atoms with Gasteiger partial charge in [-0.25, -0.2) is 0 Å². The molecule has 21 heavy (non-hydrogen) atoms. The molecule has 1 aliphatic rings. The van der Waals surface area contributed by atoms with Gasteiger partial charge in [0.15, 0.2) is 0 Å². The minimum Gasteiger partial charge on any atom is -0.368 e. The van der Waals surface area contributed by atoms with Crippen molar-refractivity contribution in [3.8, 4) is 0 Å². The Labute approximate surface area is 124 Å². The summed E-state index contributed by atoms with van der Waals surface area (Å²) in [5.41, 5.74) is 0.743. The van der Waals surface area contributed by atoms with Crippen LogP contribution in [0.1, 0.15) is 37.7 Å². The summed E-state index contributed by atoms with van der Waals surface area (Å²) in [6.45, 7) is 1.06. The molecule has 0 aliphatic carbocycles. The van der Waals surface area contributed by atoms with E-state index in [1.807, 2.05) is 30.3 Å². The molecule has 1 saturated heterocycles. The number of alkyl halides is 3. The van der Waals surface area contributed by atoms with Crippen molar-refractivity contribution in [2.24, 2.45) is 0 Å². The van der Waals surface area contributed by atoms with Crippen molar-refractivity contribution in [1.29, 1.82) is 0 Å². The van der Waals surface area contributed by atoms with Gasteiger partial charge in [-0.05, 0) is 44.1 Å². The lowest BCUT2D eigenvalue weighted by molar-refractivity contribution is -0.113. The lowest BCUT2D eigenvalue weighted by atomic mass is 10.1. The molecule has 0 saturated carbocycles. The summed E-state index contributed by atoms with van der Waals surface area (Å²) >= 11 is 0. The van der Waals surface area contributed by atoms with Crippen molar-refractivity contribution < 1.29 is 13.2 Å². The molecule has 0 bridgehead atoms. The van der Waals surface area contributed by atoms with Crippen LogP contribution in [0.25, 0.3) is 0 Å². The molecule has 0 N–H and O–H groups in total. The minimum atomic E-state index is -4.23. The number of benzene rings is 1. The average Bonchev–Trinajstić information content (AvgIpc) is 2.48. The highest BCUT2D eigenvalue weighted by Gasteiger charge is 2.37. The zero-order chi connectivity index (χ0) is 15.1. The second kappa shape index (κ2) is 7.53. The fraction of sp³-hybridized carbons (Fsp3) is 0.529. The van der Waals surface area contributed by atoms with Crippen LogP contribution in [0, 0.1) is 0 Å². The number of allylic oxidation sites excluding steroid dienone is 2. The van der Waals surface area contributed by atoms with E-state index >= 15 is 0 Å². The summed E-state index contributed by atoms with van der Waals surface area (Å²) in [5.74, 6) is 0. The van der Waals surface area contributed by atoms with E-state index < -0.39 is 11.9 Å². The van der Waals surface area contributed by atoms with Crippen LogP contribution in [-0.4, -0.2) is 24.2 Å². The molecule has 1 aromatic carbocycles. The number of hydrogen-bond acceptors (Lipinski definition) is 1. The molecule has 1 aliphatic heterocycles. The molecule has 0 spiro atoms. The van der Waals surface area contributed by atoms with Gasteiger partial charge in [-0.2, -0.15) is 13.2 Å². The third-order valence-electron chi connectivity index (χ3n) is 3.84. The van der Waals surface area contributed by atoms with Crippen LogP contribution in [0.2, 0.25) is 0 Å². The average molecular weight is 297 g/mol. The van der Waals surface area contributed by atoms with E-state index in [2.05, 4.69) is 0 Å². The maximum atomic E-state index is 13.1. The van der Waals surface area contributed by atoms with Gasteiger partial charge < -0.3 is 4.90 Å². The Balaban J connectivity index is 1.90. The van der Waals surface area contributed by atoms with Crippen molar-refractivity contribution >= 4 is 0 Å². The number of hydrogen-bond donors (Lipinski definition) is 0. The summed E-state index contributed by atoms with van der Waals surface area (Å²) in [6.07, 6.45) is 1.95. The predicted molar refractivity (Wildman–Crippen MR) is 78.9 cm³/mol. The van der Waals surface area contributed by atoms with Gasteiger partial charge in [0, 0.05) is 13.1 Å². The summed E-state index contributed by atoms with van der Waals surface area (Å²) < 4.78 is 39.4. The smallest absolute Gasteiger partial charge is 0.368 e. The summed E-state index contributed by atoms with van der Waals surface area (Å²) in [5, 5.41) is 0. The number of unbranched alkanes of at least 4 members (excludes halogenated alkanes) is 1. The molecule has 1 heterocycles. The molecule has 0 amide bonds. The highest BCUT2D eigenvalue weighted by molar-refractivity contribution is 5.15. The van der Waals surface area contributed by atoms with E-state index in [0.717, 1.165) is 32.1 Å². The maximum Gasteiger partial charge on any atom is 0.430 e. The third kappa shape index (κ3) is 5.10. The highest BCUT2D eigenvalue weighted by Crippen LogP contribution is 2.31. The van der Waals surface area contributed by atoms with Crippen molar-refractivity contribution in [1.82, 2.24) is 4.90 Å². The zero-order valence-corrected chi connectivity index (χ0v) is 12.2. The minimum absolute atomic E-state index is 0.435. The zero-order valence-electron chi connectivity index (χ0n) is 12.2. The first kappa shape index (κ1) is 15.9. The van der Waals surface area contributed by atoms with Crippen molar-refractivity contribution in [2.75, 3.05) is 13.1 Å². The maximum absolute atomic E-state index is 13.1. The molecule has 116 valence electrons. The highest BCUT2D eigenvalue weighted by atomic mass is 19.4. The van der Waals surface area contributed by atoms with Crippen LogP contribution in [0.15, 0.2) is 42.1 Å². The van der Waals surface area contributed by atoms with E-state index in [4.69, 9.17) is 0 Å². The molecule has 2 rings (SSSR count). The second-order valence-electron chi connectivity index (χ2n) is 5.51. The Hall–Kier alpha value is -1.45. The number of halogens is 3. The molecular formula is C17H22F3N. The van der Waals surface area contributed by atoms with Gasteiger partial charge in [0.2, 0.25) is 0 Å². The predicted octanol–water partition coefficient (Wildman–Crippen LogP) is 4.94. The molecule has 0 aromatic heterocycles. The summed E-state index contributed by atoms with van der Waals surface area (Å²) in [6, 6.07) is 9.89. The number of piperidine rings is 1. The first-order valence-corrected chi connectivity index (χ1v) is 7.63.